The number of cyclic esters (lactones) is 2. The van der Waals surface area contributed by atoms with Crippen molar-refractivity contribution in [2.75, 3.05) is 0 Å². The zero-order valence-corrected chi connectivity index (χ0v) is 15.8. The fourth-order valence-electron chi connectivity index (χ4n) is 2.59. The number of benzene rings is 1. The highest BCUT2D eigenvalue weighted by Gasteiger charge is 2.26. The minimum atomic E-state index is -1.28. The standard InChI is InChI=1S/C21H24O7/c1-14-7-6-10-19(23)27-15(2)13-18(17(22)11-12-20(24)26-14)28-21(25)16-8-4-3-5-9-16/h3-6,8-12,14-15,17-18,22H,7,13H2,1-2H3/b10-6+,12-11+/t14-,15-,17-,18+/m1/s1. The molecule has 0 saturated heterocycles. The molecule has 0 fully saturated rings. The van der Waals surface area contributed by atoms with E-state index in [2.05, 4.69) is 0 Å². The molecule has 4 atom stereocenters. The van der Waals surface area contributed by atoms with Gasteiger partial charge in [-0.05, 0) is 32.1 Å². The topological polar surface area (TPSA) is 99.1 Å². The Morgan fingerprint density at radius 2 is 1.68 bits per heavy atom. The van der Waals surface area contributed by atoms with Crippen LogP contribution in [0.3, 0.4) is 0 Å². The molecule has 0 bridgehead atoms. The number of rotatable bonds is 2. The van der Waals surface area contributed by atoms with Crippen LogP contribution in [0.2, 0.25) is 0 Å². The monoisotopic (exact) mass is 388 g/mol. The molecule has 7 heteroatoms. The van der Waals surface area contributed by atoms with Gasteiger partial charge >= 0.3 is 17.9 Å². The Balaban J connectivity index is 2.18. The van der Waals surface area contributed by atoms with E-state index < -0.39 is 42.3 Å². The molecule has 2 rings (SSSR count). The summed E-state index contributed by atoms with van der Waals surface area (Å²) in [4.78, 5) is 36.1. The van der Waals surface area contributed by atoms with Gasteiger partial charge in [-0.25, -0.2) is 14.4 Å². The SMILES string of the molecule is C[C@@H]1C/C=C/C(=O)O[C@H](C)C[C@H](OC(=O)c2ccccc2)[C@H](O)/C=C/C(=O)O1. The summed E-state index contributed by atoms with van der Waals surface area (Å²) in [7, 11) is 0. The molecule has 0 saturated carbocycles. The summed E-state index contributed by atoms with van der Waals surface area (Å²) >= 11 is 0. The first-order chi connectivity index (χ1) is 13.3. The van der Waals surface area contributed by atoms with Gasteiger partial charge < -0.3 is 19.3 Å². The Morgan fingerprint density at radius 3 is 2.39 bits per heavy atom. The summed E-state index contributed by atoms with van der Waals surface area (Å²) in [6.07, 6.45) is 2.13. The van der Waals surface area contributed by atoms with Crippen LogP contribution in [0.5, 0.6) is 0 Å². The third-order valence-electron chi connectivity index (χ3n) is 4.00. The van der Waals surface area contributed by atoms with Crippen molar-refractivity contribution in [1.29, 1.82) is 0 Å². The highest BCUT2D eigenvalue weighted by Crippen LogP contribution is 2.16. The predicted molar refractivity (Wildman–Crippen MR) is 100 cm³/mol. The lowest BCUT2D eigenvalue weighted by Crippen LogP contribution is -2.34. The zero-order chi connectivity index (χ0) is 20.5. The Kier molecular flexibility index (Phi) is 7.95. The number of carbonyl (C=O) groups is 3. The fourth-order valence-corrected chi connectivity index (χ4v) is 2.59. The van der Waals surface area contributed by atoms with Gasteiger partial charge in [0.15, 0.2) is 0 Å². The van der Waals surface area contributed by atoms with Crippen LogP contribution >= 0.6 is 0 Å². The summed E-state index contributed by atoms with van der Waals surface area (Å²) in [5, 5.41) is 10.4. The Morgan fingerprint density at radius 1 is 1.04 bits per heavy atom. The van der Waals surface area contributed by atoms with Crippen molar-refractivity contribution in [3.8, 4) is 0 Å². The number of aliphatic hydroxyl groups excluding tert-OH is 1. The van der Waals surface area contributed by atoms with E-state index in [1.807, 2.05) is 0 Å². The van der Waals surface area contributed by atoms with Gasteiger partial charge in [0.05, 0.1) is 5.56 Å². The van der Waals surface area contributed by atoms with Crippen LogP contribution < -0.4 is 0 Å². The maximum atomic E-state index is 12.3. The smallest absolute Gasteiger partial charge is 0.338 e. The average molecular weight is 388 g/mol. The molecular weight excluding hydrogens is 364 g/mol. The van der Waals surface area contributed by atoms with Crippen molar-refractivity contribution in [3.05, 3.63) is 60.2 Å². The van der Waals surface area contributed by atoms with Crippen LogP contribution in [-0.4, -0.2) is 47.4 Å². The molecule has 0 aliphatic carbocycles. The summed E-state index contributed by atoms with van der Waals surface area (Å²) in [5.74, 6) is -1.84. The van der Waals surface area contributed by atoms with Crippen LogP contribution in [0.15, 0.2) is 54.6 Å². The van der Waals surface area contributed by atoms with Crippen molar-refractivity contribution >= 4 is 17.9 Å². The second-order valence-electron chi connectivity index (χ2n) is 6.53. The van der Waals surface area contributed by atoms with Gasteiger partial charge in [0.2, 0.25) is 0 Å². The van der Waals surface area contributed by atoms with E-state index in [9.17, 15) is 19.5 Å². The molecule has 1 aromatic rings. The highest BCUT2D eigenvalue weighted by molar-refractivity contribution is 5.89. The van der Waals surface area contributed by atoms with Crippen LogP contribution in [0, 0.1) is 0 Å². The Labute approximate surface area is 163 Å². The normalized spacial score (nSPS) is 29.0. The number of ether oxygens (including phenoxy) is 3. The minimum absolute atomic E-state index is 0.0507. The maximum absolute atomic E-state index is 12.3. The van der Waals surface area contributed by atoms with Crippen LogP contribution in [0.1, 0.15) is 37.0 Å². The molecule has 7 nitrogen and oxygen atoms in total. The lowest BCUT2D eigenvalue weighted by molar-refractivity contribution is -0.144. The lowest BCUT2D eigenvalue weighted by atomic mass is 10.1. The van der Waals surface area contributed by atoms with Crippen LogP contribution in [0.25, 0.3) is 0 Å². The molecule has 28 heavy (non-hydrogen) atoms. The van der Waals surface area contributed by atoms with Crippen molar-refractivity contribution < 1.29 is 33.7 Å². The molecule has 0 unspecified atom stereocenters. The van der Waals surface area contributed by atoms with Crippen molar-refractivity contribution in [3.63, 3.8) is 0 Å². The zero-order valence-electron chi connectivity index (χ0n) is 15.8. The van der Waals surface area contributed by atoms with E-state index in [1.165, 1.54) is 12.2 Å². The first-order valence-corrected chi connectivity index (χ1v) is 9.05. The van der Waals surface area contributed by atoms with Gasteiger partial charge in [0.1, 0.15) is 24.4 Å². The van der Waals surface area contributed by atoms with Gasteiger partial charge in [-0.3, -0.25) is 0 Å². The van der Waals surface area contributed by atoms with Crippen molar-refractivity contribution in [1.82, 2.24) is 0 Å². The Hall–Kier alpha value is -2.93. The molecular formula is C21H24O7. The second-order valence-corrected chi connectivity index (χ2v) is 6.53. The lowest BCUT2D eigenvalue weighted by Gasteiger charge is -2.24. The van der Waals surface area contributed by atoms with E-state index in [0.29, 0.717) is 12.0 Å². The van der Waals surface area contributed by atoms with Crippen molar-refractivity contribution in [2.45, 2.75) is 51.1 Å². The number of hydrogen-bond acceptors (Lipinski definition) is 7. The van der Waals surface area contributed by atoms with Crippen molar-refractivity contribution in [2.24, 2.45) is 0 Å². The van der Waals surface area contributed by atoms with E-state index in [-0.39, 0.29) is 6.42 Å². The number of esters is 3. The molecule has 1 aliphatic heterocycles. The first kappa shape index (κ1) is 21.4. The van der Waals surface area contributed by atoms with Gasteiger partial charge in [0, 0.05) is 25.0 Å². The third-order valence-corrected chi connectivity index (χ3v) is 4.00. The van der Waals surface area contributed by atoms with E-state index in [4.69, 9.17) is 14.2 Å². The van der Waals surface area contributed by atoms with Gasteiger partial charge in [0.25, 0.3) is 0 Å². The van der Waals surface area contributed by atoms with E-state index >= 15 is 0 Å². The number of carbonyl (C=O) groups excluding carboxylic acids is 3. The minimum Gasteiger partial charge on any atom is -0.459 e. The molecule has 1 aromatic carbocycles. The quantitative estimate of drug-likeness (QED) is 0.613. The fraction of sp³-hybridized carbons (Fsp3) is 0.381. The summed E-state index contributed by atoms with van der Waals surface area (Å²) < 4.78 is 15.8. The largest absolute Gasteiger partial charge is 0.459 e. The summed E-state index contributed by atoms with van der Waals surface area (Å²) in [6, 6.07) is 8.31. The Bertz CT molecular complexity index is 738. The van der Waals surface area contributed by atoms with Gasteiger partial charge in [-0.15, -0.1) is 0 Å². The molecule has 1 N–H and O–H groups in total. The van der Waals surface area contributed by atoms with E-state index in [0.717, 1.165) is 6.08 Å². The van der Waals surface area contributed by atoms with Crippen LogP contribution in [-0.2, 0) is 23.8 Å². The molecule has 0 radical (unpaired) electrons. The molecule has 1 heterocycles. The average Bonchev–Trinajstić information content (AvgIpc) is 2.65. The first-order valence-electron chi connectivity index (χ1n) is 9.05. The predicted octanol–water partition coefficient (Wildman–Crippen LogP) is 2.34. The molecule has 0 amide bonds. The second kappa shape index (κ2) is 10.4. The number of aliphatic hydroxyl groups is 1. The molecule has 1 aliphatic rings. The third kappa shape index (κ3) is 7.00. The molecule has 150 valence electrons. The van der Waals surface area contributed by atoms with Gasteiger partial charge in [-0.2, -0.15) is 0 Å². The summed E-state index contributed by atoms with van der Waals surface area (Å²) in [5.41, 5.74) is 0.318. The molecule has 0 spiro atoms. The molecule has 0 aromatic heterocycles. The van der Waals surface area contributed by atoms with E-state index in [1.54, 1.807) is 50.3 Å². The number of hydrogen-bond donors (Lipinski definition) is 1. The maximum Gasteiger partial charge on any atom is 0.338 e. The highest BCUT2D eigenvalue weighted by atomic mass is 16.6. The van der Waals surface area contributed by atoms with Gasteiger partial charge in [-0.1, -0.05) is 24.3 Å². The van der Waals surface area contributed by atoms with Crippen LogP contribution in [0.4, 0.5) is 0 Å². The summed E-state index contributed by atoms with van der Waals surface area (Å²) in [6.45, 7) is 3.31.